The number of ether oxygens (including phenoxy) is 2. The van der Waals surface area contributed by atoms with Crippen LogP contribution in [0.2, 0.25) is 5.15 Å². The van der Waals surface area contributed by atoms with E-state index in [0.717, 1.165) is 25.3 Å². The third-order valence-electron chi connectivity index (χ3n) is 2.37. The van der Waals surface area contributed by atoms with Crippen LogP contribution in [0.4, 0.5) is 5.82 Å². The monoisotopic (exact) mass is 337 g/mol. The Morgan fingerprint density at radius 3 is 2.61 bits per heavy atom. The van der Waals surface area contributed by atoms with Crippen molar-refractivity contribution in [2.24, 2.45) is 0 Å². The summed E-state index contributed by atoms with van der Waals surface area (Å²) in [4.78, 5) is 10.3. The maximum absolute atomic E-state index is 5.97. The van der Waals surface area contributed by atoms with Gasteiger partial charge in [0, 0.05) is 33.9 Å². The molecule has 1 aromatic heterocycles. The van der Waals surface area contributed by atoms with Crippen molar-refractivity contribution in [3.63, 3.8) is 0 Å². The number of rotatable bonds is 8. The Morgan fingerprint density at radius 1 is 1.22 bits per heavy atom. The Labute approximate surface area is 121 Å². The predicted molar refractivity (Wildman–Crippen MR) is 75.3 cm³/mol. The molecule has 0 aliphatic rings. The fourth-order valence-electron chi connectivity index (χ4n) is 1.49. The minimum Gasteiger partial charge on any atom is -0.385 e. The number of hydrogen-bond donors (Lipinski definition) is 0. The van der Waals surface area contributed by atoms with Crippen LogP contribution in [0.1, 0.15) is 6.42 Å². The second-order valence-electron chi connectivity index (χ2n) is 3.63. The molecule has 18 heavy (non-hydrogen) atoms. The third-order valence-corrected chi connectivity index (χ3v) is 3.61. The molecule has 0 spiro atoms. The second kappa shape index (κ2) is 8.63. The molecule has 102 valence electrons. The van der Waals surface area contributed by atoms with Crippen LogP contribution in [0.3, 0.4) is 0 Å². The molecule has 0 aliphatic heterocycles. The highest BCUT2D eigenvalue weighted by Gasteiger charge is 2.14. The summed E-state index contributed by atoms with van der Waals surface area (Å²) in [5.41, 5.74) is 0. The Morgan fingerprint density at radius 2 is 1.94 bits per heavy atom. The number of nitrogens with zero attached hydrogens (tertiary/aromatic N) is 3. The van der Waals surface area contributed by atoms with Crippen molar-refractivity contribution in [3.05, 3.63) is 16.0 Å². The SMILES string of the molecule is COCCCN(CCOC)c1ncnc(Cl)c1Br. The Kier molecular flexibility index (Phi) is 7.50. The molecular formula is C11H17BrClN3O2. The fourth-order valence-corrected chi connectivity index (χ4v) is 2.07. The van der Waals surface area contributed by atoms with Gasteiger partial charge < -0.3 is 14.4 Å². The summed E-state index contributed by atoms with van der Waals surface area (Å²) in [6.45, 7) is 2.90. The molecule has 1 rings (SSSR count). The van der Waals surface area contributed by atoms with E-state index in [9.17, 15) is 0 Å². The Bertz CT molecular complexity index is 368. The topological polar surface area (TPSA) is 47.5 Å². The third kappa shape index (κ3) is 4.68. The lowest BCUT2D eigenvalue weighted by molar-refractivity contribution is 0.191. The van der Waals surface area contributed by atoms with Crippen LogP contribution in [0.5, 0.6) is 0 Å². The van der Waals surface area contributed by atoms with Gasteiger partial charge in [0.05, 0.1) is 11.1 Å². The van der Waals surface area contributed by atoms with Gasteiger partial charge in [-0.05, 0) is 22.4 Å². The standard InChI is InChI=1S/C11H17BrClN3O2/c1-17-6-3-4-16(5-7-18-2)11-9(12)10(13)14-8-15-11/h8H,3-7H2,1-2H3. The Hall–Kier alpha value is -0.430. The molecule has 0 saturated heterocycles. The van der Waals surface area contributed by atoms with E-state index in [0.29, 0.717) is 22.8 Å². The zero-order chi connectivity index (χ0) is 13.4. The molecule has 0 aliphatic carbocycles. The van der Waals surface area contributed by atoms with Crippen molar-refractivity contribution in [2.75, 3.05) is 45.4 Å². The van der Waals surface area contributed by atoms with Crippen molar-refractivity contribution in [2.45, 2.75) is 6.42 Å². The van der Waals surface area contributed by atoms with Gasteiger partial charge in [-0.3, -0.25) is 0 Å². The number of methoxy groups -OCH3 is 2. The first kappa shape index (κ1) is 15.6. The zero-order valence-electron chi connectivity index (χ0n) is 10.5. The lowest BCUT2D eigenvalue weighted by Gasteiger charge is -2.24. The van der Waals surface area contributed by atoms with Crippen LogP contribution in [0.25, 0.3) is 0 Å². The van der Waals surface area contributed by atoms with Gasteiger partial charge in [-0.25, -0.2) is 9.97 Å². The Balaban J connectivity index is 2.76. The molecule has 0 saturated carbocycles. The number of hydrogen-bond acceptors (Lipinski definition) is 5. The molecule has 1 heterocycles. The minimum atomic E-state index is 0.411. The van der Waals surface area contributed by atoms with Gasteiger partial charge in [0.1, 0.15) is 17.3 Å². The highest BCUT2D eigenvalue weighted by atomic mass is 79.9. The first-order valence-corrected chi connectivity index (χ1v) is 6.76. The molecular weight excluding hydrogens is 321 g/mol. The molecule has 0 radical (unpaired) electrons. The summed E-state index contributed by atoms with van der Waals surface area (Å²) < 4.78 is 10.9. The smallest absolute Gasteiger partial charge is 0.148 e. The number of anilines is 1. The summed E-state index contributed by atoms with van der Waals surface area (Å²) in [6, 6.07) is 0. The van der Waals surface area contributed by atoms with Gasteiger partial charge in [-0.15, -0.1) is 0 Å². The van der Waals surface area contributed by atoms with E-state index in [1.165, 1.54) is 6.33 Å². The predicted octanol–water partition coefficient (Wildman–Crippen LogP) is 2.38. The van der Waals surface area contributed by atoms with E-state index in [-0.39, 0.29) is 0 Å². The van der Waals surface area contributed by atoms with Crippen molar-refractivity contribution < 1.29 is 9.47 Å². The van der Waals surface area contributed by atoms with Crippen molar-refractivity contribution in [3.8, 4) is 0 Å². The molecule has 1 aromatic rings. The van der Waals surface area contributed by atoms with Crippen molar-refractivity contribution >= 4 is 33.3 Å². The van der Waals surface area contributed by atoms with Gasteiger partial charge in [-0.2, -0.15) is 0 Å². The first-order valence-electron chi connectivity index (χ1n) is 5.59. The summed E-state index contributed by atoms with van der Waals surface area (Å²) in [5, 5.41) is 0.411. The number of aromatic nitrogens is 2. The summed E-state index contributed by atoms with van der Waals surface area (Å²) in [5.74, 6) is 0.781. The highest BCUT2D eigenvalue weighted by Crippen LogP contribution is 2.28. The second-order valence-corrected chi connectivity index (χ2v) is 4.78. The average Bonchev–Trinajstić information content (AvgIpc) is 2.37. The fraction of sp³-hybridized carbons (Fsp3) is 0.636. The molecule has 7 heteroatoms. The molecule has 0 aromatic carbocycles. The minimum absolute atomic E-state index is 0.411. The van der Waals surface area contributed by atoms with Gasteiger partial charge in [0.25, 0.3) is 0 Å². The van der Waals surface area contributed by atoms with E-state index in [1.807, 2.05) is 0 Å². The largest absolute Gasteiger partial charge is 0.385 e. The van der Waals surface area contributed by atoms with E-state index < -0.39 is 0 Å². The maximum atomic E-state index is 5.97. The van der Waals surface area contributed by atoms with E-state index in [4.69, 9.17) is 21.1 Å². The van der Waals surface area contributed by atoms with Crippen LogP contribution in [-0.2, 0) is 9.47 Å². The van der Waals surface area contributed by atoms with Crippen LogP contribution >= 0.6 is 27.5 Å². The van der Waals surface area contributed by atoms with Gasteiger partial charge >= 0.3 is 0 Å². The lowest BCUT2D eigenvalue weighted by Crippen LogP contribution is -2.30. The summed E-state index contributed by atoms with van der Waals surface area (Å²) in [7, 11) is 3.37. The summed E-state index contributed by atoms with van der Waals surface area (Å²) >= 11 is 9.38. The zero-order valence-corrected chi connectivity index (χ0v) is 12.9. The highest BCUT2D eigenvalue weighted by molar-refractivity contribution is 9.10. The first-order chi connectivity index (χ1) is 8.70. The number of halogens is 2. The van der Waals surface area contributed by atoms with Gasteiger partial charge in [0.2, 0.25) is 0 Å². The lowest BCUT2D eigenvalue weighted by atomic mass is 10.3. The van der Waals surface area contributed by atoms with E-state index >= 15 is 0 Å². The van der Waals surface area contributed by atoms with Crippen molar-refractivity contribution in [1.82, 2.24) is 9.97 Å². The molecule has 0 fully saturated rings. The normalized spacial score (nSPS) is 10.7. The van der Waals surface area contributed by atoms with E-state index in [2.05, 4.69) is 30.8 Å². The summed E-state index contributed by atoms with van der Waals surface area (Å²) in [6.07, 6.45) is 2.37. The average molecular weight is 339 g/mol. The van der Waals surface area contributed by atoms with Gasteiger partial charge in [0.15, 0.2) is 0 Å². The quantitative estimate of drug-likeness (QED) is 0.538. The molecule has 0 N–H and O–H groups in total. The van der Waals surface area contributed by atoms with Crippen molar-refractivity contribution in [1.29, 1.82) is 0 Å². The van der Waals surface area contributed by atoms with E-state index in [1.54, 1.807) is 14.2 Å². The van der Waals surface area contributed by atoms with Crippen LogP contribution in [-0.4, -0.2) is 50.5 Å². The molecule has 5 nitrogen and oxygen atoms in total. The van der Waals surface area contributed by atoms with Crippen LogP contribution in [0.15, 0.2) is 10.8 Å². The molecule has 0 unspecified atom stereocenters. The molecule has 0 atom stereocenters. The maximum Gasteiger partial charge on any atom is 0.148 e. The molecule has 0 amide bonds. The molecule has 0 bridgehead atoms. The van der Waals surface area contributed by atoms with Crippen LogP contribution < -0.4 is 4.90 Å². The van der Waals surface area contributed by atoms with Crippen LogP contribution in [0, 0.1) is 0 Å². The van der Waals surface area contributed by atoms with Gasteiger partial charge in [-0.1, -0.05) is 11.6 Å².